The van der Waals surface area contributed by atoms with Gasteiger partial charge in [-0.3, -0.25) is 4.79 Å². The van der Waals surface area contributed by atoms with Gasteiger partial charge in [0.15, 0.2) is 0 Å². The molecule has 0 spiro atoms. The Morgan fingerprint density at radius 1 is 1.37 bits per heavy atom. The van der Waals surface area contributed by atoms with Crippen molar-refractivity contribution in [3.05, 3.63) is 0 Å². The molecule has 2 aliphatic rings. The SMILES string of the molecule is CN1CCCC(NC(=O)CCOC2CCNCC2)C1. The van der Waals surface area contributed by atoms with Crippen molar-refractivity contribution in [3.63, 3.8) is 0 Å². The number of nitrogens with one attached hydrogen (secondary N) is 2. The van der Waals surface area contributed by atoms with Crippen LogP contribution >= 0.6 is 0 Å². The first-order valence-corrected chi connectivity index (χ1v) is 7.54. The Balaban J connectivity index is 1.56. The third-order valence-corrected chi connectivity index (χ3v) is 3.96. The number of carbonyl (C=O) groups is 1. The average molecular weight is 269 g/mol. The first-order chi connectivity index (χ1) is 9.24. The lowest BCUT2D eigenvalue weighted by molar-refractivity contribution is -0.123. The number of piperidine rings is 2. The molecule has 2 heterocycles. The molecule has 0 aromatic rings. The van der Waals surface area contributed by atoms with E-state index in [1.165, 1.54) is 6.42 Å². The van der Waals surface area contributed by atoms with Gasteiger partial charge in [-0.2, -0.15) is 0 Å². The molecule has 0 bridgehead atoms. The zero-order chi connectivity index (χ0) is 13.5. The molecule has 2 N–H and O–H groups in total. The lowest BCUT2D eigenvalue weighted by atomic mass is 10.1. The van der Waals surface area contributed by atoms with Crippen molar-refractivity contribution in [2.45, 2.75) is 44.2 Å². The number of hydrogen-bond donors (Lipinski definition) is 2. The summed E-state index contributed by atoms with van der Waals surface area (Å²) in [6.07, 6.45) is 5.24. The number of carbonyl (C=O) groups excluding carboxylic acids is 1. The number of hydrogen-bond acceptors (Lipinski definition) is 4. The molecule has 0 aromatic carbocycles. The van der Waals surface area contributed by atoms with Gasteiger partial charge >= 0.3 is 0 Å². The van der Waals surface area contributed by atoms with Crippen LogP contribution in [0.1, 0.15) is 32.1 Å². The van der Waals surface area contributed by atoms with Gasteiger partial charge in [0.2, 0.25) is 5.91 Å². The van der Waals surface area contributed by atoms with Gasteiger partial charge in [0, 0.05) is 19.0 Å². The highest BCUT2D eigenvalue weighted by Gasteiger charge is 2.19. The van der Waals surface area contributed by atoms with Gasteiger partial charge < -0.3 is 20.3 Å². The fourth-order valence-corrected chi connectivity index (χ4v) is 2.86. The molecule has 2 rings (SSSR count). The minimum absolute atomic E-state index is 0.134. The number of likely N-dealkylation sites (tertiary alicyclic amines) is 1. The van der Waals surface area contributed by atoms with E-state index in [-0.39, 0.29) is 5.91 Å². The number of rotatable bonds is 5. The van der Waals surface area contributed by atoms with Crippen molar-refractivity contribution in [2.75, 3.05) is 39.8 Å². The van der Waals surface area contributed by atoms with Crippen molar-refractivity contribution in [2.24, 2.45) is 0 Å². The Kier molecular flexibility index (Phi) is 6.07. The highest BCUT2D eigenvalue weighted by Crippen LogP contribution is 2.09. The molecule has 1 unspecified atom stereocenters. The molecule has 2 saturated heterocycles. The van der Waals surface area contributed by atoms with Gasteiger partial charge in [0.1, 0.15) is 0 Å². The van der Waals surface area contributed by atoms with Crippen LogP contribution in [0.15, 0.2) is 0 Å². The van der Waals surface area contributed by atoms with Crippen molar-refractivity contribution in [1.29, 1.82) is 0 Å². The Bertz CT molecular complexity index is 280. The Morgan fingerprint density at radius 2 is 2.16 bits per heavy atom. The molecule has 0 aromatic heterocycles. The van der Waals surface area contributed by atoms with Crippen LogP contribution in [0.4, 0.5) is 0 Å². The molecule has 0 saturated carbocycles. The summed E-state index contributed by atoms with van der Waals surface area (Å²) in [7, 11) is 2.11. The van der Waals surface area contributed by atoms with Gasteiger partial charge in [-0.1, -0.05) is 0 Å². The quantitative estimate of drug-likeness (QED) is 0.756. The van der Waals surface area contributed by atoms with E-state index in [2.05, 4.69) is 22.6 Å². The number of nitrogens with zero attached hydrogens (tertiary/aromatic N) is 1. The molecule has 19 heavy (non-hydrogen) atoms. The number of likely N-dealkylation sites (N-methyl/N-ethyl adjacent to an activating group) is 1. The summed E-state index contributed by atoms with van der Waals surface area (Å²) in [5, 5.41) is 6.42. The highest BCUT2D eigenvalue weighted by atomic mass is 16.5. The van der Waals surface area contributed by atoms with Crippen molar-refractivity contribution in [3.8, 4) is 0 Å². The summed E-state index contributed by atoms with van der Waals surface area (Å²) in [6.45, 7) is 4.74. The minimum atomic E-state index is 0.134. The zero-order valence-electron chi connectivity index (χ0n) is 12.0. The maximum Gasteiger partial charge on any atom is 0.222 e. The monoisotopic (exact) mass is 269 g/mol. The molecule has 0 radical (unpaired) electrons. The second-order valence-corrected chi connectivity index (χ2v) is 5.74. The van der Waals surface area contributed by atoms with Crippen LogP contribution in [0.25, 0.3) is 0 Å². The second kappa shape index (κ2) is 7.82. The zero-order valence-corrected chi connectivity index (χ0v) is 12.0. The molecular weight excluding hydrogens is 242 g/mol. The van der Waals surface area contributed by atoms with Crippen LogP contribution < -0.4 is 10.6 Å². The van der Waals surface area contributed by atoms with Crippen LogP contribution in [0.2, 0.25) is 0 Å². The van der Waals surface area contributed by atoms with Crippen LogP contribution in [-0.2, 0) is 9.53 Å². The predicted octanol–water partition coefficient (Wildman–Crippen LogP) is 0.356. The molecule has 5 nitrogen and oxygen atoms in total. The van der Waals surface area contributed by atoms with Gasteiger partial charge in [-0.05, 0) is 52.4 Å². The van der Waals surface area contributed by atoms with E-state index in [0.717, 1.165) is 45.4 Å². The van der Waals surface area contributed by atoms with E-state index in [1.807, 2.05) is 0 Å². The molecule has 110 valence electrons. The lowest BCUT2D eigenvalue weighted by Crippen LogP contribution is -2.46. The van der Waals surface area contributed by atoms with Crippen molar-refractivity contribution < 1.29 is 9.53 Å². The Morgan fingerprint density at radius 3 is 2.89 bits per heavy atom. The summed E-state index contributed by atoms with van der Waals surface area (Å²) in [4.78, 5) is 14.1. The summed E-state index contributed by atoms with van der Waals surface area (Å²) < 4.78 is 5.75. The molecule has 1 atom stereocenters. The van der Waals surface area contributed by atoms with Gasteiger partial charge in [0.25, 0.3) is 0 Å². The van der Waals surface area contributed by atoms with Crippen LogP contribution in [0.5, 0.6) is 0 Å². The number of amides is 1. The highest BCUT2D eigenvalue weighted by molar-refractivity contribution is 5.76. The van der Waals surface area contributed by atoms with Crippen LogP contribution in [0, 0.1) is 0 Å². The van der Waals surface area contributed by atoms with Crippen molar-refractivity contribution in [1.82, 2.24) is 15.5 Å². The maximum absolute atomic E-state index is 11.8. The van der Waals surface area contributed by atoms with Gasteiger partial charge in [-0.25, -0.2) is 0 Å². The smallest absolute Gasteiger partial charge is 0.222 e. The fraction of sp³-hybridized carbons (Fsp3) is 0.929. The third kappa shape index (κ3) is 5.47. The summed E-state index contributed by atoms with van der Waals surface area (Å²) in [6, 6.07) is 0.324. The first-order valence-electron chi connectivity index (χ1n) is 7.54. The molecular formula is C14H27N3O2. The average Bonchev–Trinajstić information content (AvgIpc) is 2.40. The van der Waals surface area contributed by atoms with E-state index < -0.39 is 0 Å². The standard InChI is InChI=1S/C14H27N3O2/c1-17-9-2-3-12(11-17)16-14(18)6-10-19-13-4-7-15-8-5-13/h12-13,15H,2-11H2,1H3,(H,16,18). The maximum atomic E-state index is 11.8. The van der Waals surface area contributed by atoms with Crippen LogP contribution in [0.3, 0.4) is 0 Å². The Hall–Kier alpha value is -0.650. The largest absolute Gasteiger partial charge is 0.378 e. The van der Waals surface area contributed by atoms with Gasteiger partial charge in [-0.15, -0.1) is 0 Å². The second-order valence-electron chi connectivity index (χ2n) is 5.74. The number of ether oxygens (including phenoxy) is 1. The van der Waals surface area contributed by atoms with E-state index in [1.54, 1.807) is 0 Å². The molecule has 1 amide bonds. The summed E-state index contributed by atoms with van der Waals surface area (Å²) in [5.41, 5.74) is 0. The van der Waals surface area contributed by atoms with Crippen molar-refractivity contribution >= 4 is 5.91 Å². The first kappa shape index (κ1) is 14.8. The van der Waals surface area contributed by atoms with E-state index in [0.29, 0.717) is 25.2 Å². The normalized spacial score (nSPS) is 26.3. The van der Waals surface area contributed by atoms with E-state index in [4.69, 9.17) is 4.74 Å². The van der Waals surface area contributed by atoms with Gasteiger partial charge in [0.05, 0.1) is 12.7 Å². The molecule has 2 fully saturated rings. The van der Waals surface area contributed by atoms with E-state index in [9.17, 15) is 4.79 Å². The third-order valence-electron chi connectivity index (χ3n) is 3.96. The molecule has 0 aliphatic carbocycles. The Labute approximate surface area is 116 Å². The summed E-state index contributed by atoms with van der Waals surface area (Å²) >= 11 is 0. The molecule has 5 heteroatoms. The molecule has 2 aliphatic heterocycles. The topological polar surface area (TPSA) is 53.6 Å². The predicted molar refractivity (Wildman–Crippen MR) is 75.1 cm³/mol. The summed E-state index contributed by atoms with van der Waals surface area (Å²) in [5.74, 6) is 0.134. The van der Waals surface area contributed by atoms with E-state index >= 15 is 0 Å². The fourth-order valence-electron chi connectivity index (χ4n) is 2.86. The van der Waals surface area contributed by atoms with Crippen LogP contribution in [-0.4, -0.2) is 62.8 Å². The lowest BCUT2D eigenvalue weighted by Gasteiger charge is -2.30. The minimum Gasteiger partial charge on any atom is -0.378 e.